The fraction of sp³-hybridized carbons (Fsp3) is 0.154. The predicted octanol–water partition coefficient (Wildman–Crippen LogP) is 4.23. The maximum absolute atomic E-state index is 14.0. The van der Waals surface area contributed by atoms with Gasteiger partial charge in [-0.2, -0.15) is 0 Å². The first kappa shape index (κ1) is 21.5. The van der Waals surface area contributed by atoms with E-state index in [0.29, 0.717) is 36.0 Å². The molecule has 1 saturated heterocycles. The molecule has 3 aromatic rings. The summed E-state index contributed by atoms with van der Waals surface area (Å²) >= 11 is 0. The van der Waals surface area contributed by atoms with Crippen LogP contribution < -0.4 is 19.1 Å². The van der Waals surface area contributed by atoms with Crippen molar-refractivity contribution < 1.29 is 33.3 Å². The number of halogens is 1. The fourth-order valence-corrected chi connectivity index (χ4v) is 4.24. The Kier molecular flexibility index (Phi) is 5.41. The number of nitrogens with zero attached hydrogens (tertiary/aromatic N) is 1. The minimum Gasteiger partial charge on any atom is -0.507 e. The van der Waals surface area contributed by atoms with Crippen LogP contribution in [-0.2, 0) is 9.59 Å². The standard InChI is InChI=1S/C26H20FNO6/c1-32-19-9-7-16(27)13-18(19)24(29)22-23(15-5-3-2-4-6-15)28(26(31)25(22)30)17-8-10-20-21(14-17)34-12-11-33-20/h2-10,13-14,23,29H,11-12H2,1H3/b24-22+. The van der Waals surface area contributed by atoms with E-state index in [1.54, 1.807) is 48.5 Å². The summed E-state index contributed by atoms with van der Waals surface area (Å²) in [4.78, 5) is 27.8. The van der Waals surface area contributed by atoms with Crippen LogP contribution in [0.25, 0.3) is 5.76 Å². The van der Waals surface area contributed by atoms with E-state index in [9.17, 15) is 19.1 Å². The molecule has 172 valence electrons. The zero-order valence-electron chi connectivity index (χ0n) is 18.2. The van der Waals surface area contributed by atoms with Crippen molar-refractivity contribution in [2.24, 2.45) is 0 Å². The number of carbonyl (C=O) groups is 2. The number of fused-ring (bicyclic) bond motifs is 1. The van der Waals surface area contributed by atoms with Crippen molar-refractivity contribution in [3.8, 4) is 17.2 Å². The van der Waals surface area contributed by atoms with E-state index in [-0.39, 0.29) is 16.9 Å². The molecule has 34 heavy (non-hydrogen) atoms. The molecule has 7 nitrogen and oxygen atoms in total. The van der Waals surface area contributed by atoms with Crippen LogP contribution in [0.1, 0.15) is 17.2 Å². The Balaban J connectivity index is 1.72. The van der Waals surface area contributed by atoms with Crippen LogP contribution in [-0.4, -0.2) is 37.1 Å². The summed E-state index contributed by atoms with van der Waals surface area (Å²) in [5, 5.41) is 11.2. The summed E-state index contributed by atoms with van der Waals surface area (Å²) in [7, 11) is 1.37. The highest BCUT2D eigenvalue weighted by atomic mass is 19.1. The lowest BCUT2D eigenvalue weighted by Crippen LogP contribution is -2.29. The number of aliphatic hydroxyl groups excluding tert-OH is 1. The molecule has 8 heteroatoms. The Hall–Kier alpha value is -4.33. The summed E-state index contributed by atoms with van der Waals surface area (Å²) in [6.07, 6.45) is 0. The number of ether oxygens (including phenoxy) is 3. The van der Waals surface area contributed by atoms with Crippen LogP contribution in [0, 0.1) is 5.82 Å². The van der Waals surface area contributed by atoms with Gasteiger partial charge in [0.2, 0.25) is 0 Å². The number of rotatable bonds is 4. The average Bonchev–Trinajstić information content (AvgIpc) is 3.14. The number of carbonyl (C=O) groups excluding carboxylic acids is 2. The van der Waals surface area contributed by atoms with Crippen molar-refractivity contribution in [3.05, 3.63) is 89.2 Å². The molecular formula is C26H20FNO6. The van der Waals surface area contributed by atoms with Crippen molar-refractivity contribution in [2.75, 3.05) is 25.2 Å². The molecule has 0 saturated carbocycles. The molecular weight excluding hydrogens is 441 g/mol. The molecule has 1 fully saturated rings. The largest absolute Gasteiger partial charge is 0.507 e. The van der Waals surface area contributed by atoms with Crippen molar-refractivity contribution in [1.29, 1.82) is 0 Å². The second-order valence-corrected chi connectivity index (χ2v) is 7.75. The first-order valence-corrected chi connectivity index (χ1v) is 10.6. The highest BCUT2D eigenvalue weighted by Gasteiger charge is 2.47. The first-order valence-electron chi connectivity index (χ1n) is 10.6. The quantitative estimate of drug-likeness (QED) is 0.356. The van der Waals surface area contributed by atoms with E-state index in [0.717, 1.165) is 6.07 Å². The Morgan fingerprint density at radius 2 is 1.74 bits per heavy atom. The summed E-state index contributed by atoms with van der Waals surface area (Å²) in [6.45, 7) is 0.771. The Morgan fingerprint density at radius 3 is 2.47 bits per heavy atom. The van der Waals surface area contributed by atoms with Gasteiger partial charge < -0.3 is 19.3 Å². The number of Topliss-reactive ketones (excluding diaryl/α,β-unsaturated/α-hetero) is 1. The lowest BCUT2D eigenvalue weighted by Gasteiger charge is -2.27. The van der Waals surface area contributed by atoms with Crippen molar-refractivity contribution in [2.45, 2.75) is 6.04 Å². The second kappa shape index (κ2) is 8.55. The van der Waals surface area contributed by atoms with E-state index >= 15 is 0 Å². The molecule has 1 atom stereocenters. The van der Waals surface area contributed by atoms with Gasteiger partial charge in [0.05, 0.1) is 24.3 Å². The molecule has 2 aliphatic rings. The molecule has 0 bridgehead atoms. The predicted molar refractivity (Wildman–Crippen MR) is 122 cm³/mol. The number of anilines is 1. The number of hydrogen-bond donors (Lipinski definition) is 1. The zero-order valence-corrected chi connectivity index (χ0v) is 18.2. The highest BCUT2D eigenvalue weighted by Crippen LogP contribution is 2.45. The van der Waals surface area contributed by atoms with E-state index < -0.39 is 29.3 Å². The van der Waals surface area contributed by atoms with Gasteiger partial charge in [-0.3, -0.25) is 14.5 Å². The topological polar surface area (TPSA) is 85.3 Å². The van der Waals surface area contributed by atoms with Crippen molar-refractivity contribution in [3.63, 3.8) is 0 Å². The number of hydrogen-bond acceptors (Lipinski definition) is 6. The summed E-state index contributed by atoms with van der Waals surface area (Å²) in [5.74, 6) is -1.73. The molecule has 1 unspecified atom stereocenters. The monoisotopic (exact) mass is 461 g/mol. The van der Waals surface area contributed by atoms with E-state index in [4.69, 9.17) is 14.2 Å². The molecule has 0 aromatic heterocycles. The Bertz CT molecular complexity index is 1320. The molecule has 1 N–H and O–H groups in total. The number of ketones is 1. The average molecular weight is 461 g/mol. The Morgan fingerprint density at radius 1 is 1.00 bits per heavy atom. The molecule has 3 aromatic carbocycles. The van der Waals surface area contributed by atoms with Crippen molar-refractivity contribution >= 4 is 23.1 Å². The molecule has 2 aliphatic heterocycles. The first-order chi connectivity index (χ1) is 16.5. The van der Waals surface area contributed by atoms with Gasteiger partial charge in [-0.05, 0) is 35.9 Å². The minimum absolute atomic E-state index is 0.0244. The fourth-order valence-electron chi connectivity index (χ4n) is 4.24. The third-order valence-corrected chi connectivity index (χ3v) is 5.78. The SMILES string of the molecule is COc1ccc(F)cc1/C(O)=C1\C(=O)C(=O)N(c2ccc3c(c2)OCCO3)C1c1ccccc1. The normalized spacial score (nSPS) is 18.8. The number of methoxy groups -OCH3 is 1. The number of aliphatic hydroxyl groups is 1. The minimum atomic E-state index is -0.961. The third-order valence-electron chi connectivity index (χ3n) is 5.78. The molecule has 0 radical (unpaired) electrons. The van der Waals surface area contributed by atoms with Gasteiger partial charge in [0.1, 0.15) is 30.5 Å². The molecule has 1 amide bonds. The lowest BCUT2D eigenvalue weighted by molar-refractivity contribution is -0.132. The van der Waals surface area contributed by atoms with Crippen LogP contribution in [0.4, 0.5) is 10.1 Å². The van der Waals surface area contributed by atoms with Gasteiger partial charge in [0.15, 0.2) is 11.5 Å². The molecule has 5 rings (SSSR count). The van der Waals surface area contributed by atoms with E-state index in [2.05, 4.69) is 0 Å². The van der Waals surface area contributed by atoms with E-state index in [1.165, 1.54) is 24.1 Å². The number of benzene rings is 3. The van der Waals surface area contributed by atoms with Gasteiger partial charge in [-0.15, -0.1) is 0 Å². The van der Waals surface area contributed by atoms with Crippen LogP contribution >= 0.6 is 0 Å². The maximum Gasteiger partial charge on any atom is 0.300 e. The van der Waals surface area contributed by atoms with Crippen LogP contribution in [0.3, 0.4) is 0 Å². The molecule has 0 spiro atoms. The number of amides is 1. The lowest BCUT2D eigenvalue weighted by atomic mass is 9.95. The highest BCUT2D eigenvalue weighted by molar-refractivity contribution is 6.51. The van der Waals surface area contributed by atoms with Crippen molar-refractivity contribution in [1.82, 2.24) is 0 Å². The smallest absolute Gasteiger partial charge is 0.300 e. The summed E-state index contributed by atoms with van der Waals surface area (Å²) in [6, 6.07) is 16.4. The van der Waals surface area contributed by atoms with Gasteiger partial charge in [-0.25, -0.2) is 4.39 Å². The zero-order chi connectivity index (χ0) is 23.8. The van der Waals surface area contributed by atoms with Gasteiger partial charge >= 0.3 is 0 Å². The summed E-state index contributed by atoms with van der Waals surface area (Å²) in [5.41, 5.74) is 0.789. The Labute approximate surface area is 194 Å². The van der Waals surface area contributed by atoms with Gasteiger partial charge in [-0.1, -0.05) is 30.3 Å². The molecule has 2 heterocycles. The van der Waals surface area contributed by atoms with Crippen LogP contribution in [0.5, 0.6) is 17.2 Å². The summed E-state index contributed by atoms with van der Waals surface area (Å²) < 4.78 is 30.5. The molecule has 0 aliphatic carbocycles. The van der Waals surface area contributed by atoms with E-state index in [1.807, 2.05) is 0 Å². The van der Waals surface area contributed by atoms with Crippen LogP contribution in [0.15, 0.2) is 72.3 Å². The van der Waals surface area contributed by atoms with Gasteiger partial charge in [0.25, 0.3) is 11.7 Å². The maximum atomic E-state index is 14.0. The van der Waals surface area contributed by atoms with Gasteiger partial charge in [0, 0.05) is 11.8 Å². The second-order valence-electron chi connectivity index (χ2n) is 7.75. The van der Waals surface area contributed by atoms with Crippen LogP contribution in [0.2, 0.25) is 0 Å². The third kappa shape index (κ3) is 3.53.